The first-order chi connectivity index (χ1) is 20.9. The van der Waals surface area contributed by atoms with Crippen LogP contribution in [0.3, 0.4) is 0 Å². The first-order valence-corrected chi connectivity index (χ1v) is 15.7. The highest BCUT2D eigenvalue weighted by molar-refractivity contribution is 6.31. The summed E-state index contributed by atoms with van der Waals surface area (Å²) in [6.07, 6.45) is -0.524. The third-order valence-corrected chi connectivity index (χ3v) is 8.68. The number of rotatable bonds is 10. The Morgan fingerprint density at radius 1 is 0.841 bits per heavy atom. The van der Waals surface area contributed by atoms with Crippen LogP contribution in [0.4, 0.5) is 13.2 Å². The summed E-state index contributed by atoms with van der Waals surface area (Å²) in [7, 11) is 0. The van der Waals surface area contributed by atoms with E-state index >= 15 is 0 Å². The van der Waals surface area contributed by atoms with Gasteiger partial charge in [-0.15, -0.1) is 13.2 Å². The van der Waals surface area contributed by atoms with Gasteiger partial charge in [0.2, 0.25) is 0 Å². The van der Waals surface area contributed by atoms with Crippen LogP contribution in [0.2, 0.25) is 5.02 Å². The molecular formula is C35H42ClF3N4O. The maximum Gasteiger partial charge on any atom is 0.573 e. The number of fused-ring (bicyclic) bond motifs is 1. The second-order valence-electron chi connectivity index (χ2n) is 13.0. The fourth-order valence-electron chi connectivity index (χ4n) is 6.05. The number of aryl methyl sites for hydroxylation is 1. The molecule has 4 aromatic rings. The van der Waals surface area contributed by atoms with Gasteiger partial charge in [0, 0.05) is 80.0 Å². The van der Waals surface area contributed by atoms with Crippen molar-refractivity contribution in [1.29, 1.82) is 0 Å². The maximum absolute atomic E-state index is 12.9. The second kappa shape index (κ2) is 13.5. The molecule has 0 radical (unpaired) electrons. The minimum atomic E-state index is -4.76. The van der Waals surface area contributed by atoms with Crippen molar-refractivity contribution in [2.24, 2.45) is 11.1 Å². The molecule has 1 aromatic heterocycles. The van der Waals surface area contributed by atoms with Gasteiger partial charge in [0.05, 0.1) is 0 Å². The molecule has 44 heavy (non-hydrogen) atoms. The minimum absolute atomic E-state index is 0.0965. The van der Waals surface area contributed by atoms with Crippen molar-refractivity contribution < 1.29 is 17.9 Å². The number of ether oxygens (including phenoxy) is 1. The van der Waals surface area contributed by atoms with E-state index in [0.717, 1.165) is 91.3 Å². The molecule has 236 valence electrons. The van der Waals surface area contributed by atoms with Gasteiger partial charge in [0.1, 0.15) is 5.75 Å². The van der Waals surface area contributed by atoms with Gasteiger partial charge in [0.15, 0.2) is 0 Å². The highest BCUT2D eigenvalue weighted by Crippen LogP contribution is 2.37. The maximum atomic E-state index is 12.9. The molecule has 0 saturated carbocycles. The molecule has 0 bridgehead atoms. The topological polar surface area (TPSA) is 46.7 Å². The molecule has 1 aliphatic heterocycles. The van der Waals surface area contributed by atoms with Crippen molar-refractivity contribution in [2.45, 2.75) is 66.2 Å². The molecule has 5 rings (SSSR count). The molecule has 1 saturated heterocycles. The highest BCUT2D eigenvalue weighted by Gasteiger charge is 2.31. The predicted molar refractivity (Wildman–Crippen MR) is 173 cm³/mol. The largest absolute Gasteiger partial charge is 0.573 e. The third-order valence-electron chi connectivity index (χ3n) is 8.31. The molecule has 1 aliphatic rings. The summed E-state index contributed by atoms with van der Waals surface area (Å²) in [4.78, 5) is 4.91. The normalized spacial score (nSPS) is 15.3. The lowest BCUT2D eigenvalue weighted by molar-refractivity contribution is -0.274. The molecule has 5 nitrogen and oxygen atoms in total. The van der Waals surface area contributed by atoms with Gasteiger partial charge in [0.25, 0.3) is 0 Å². The molecule has 0 unspecified atom stereocenters. The van der Waals surface area contributed by atoms with Crippen molar-refractivity contribution in [2.75, 3.05) is 26.2 Å². The van der Waals surface area contributed by atoms with E-state index in [9.17, 15) is 13.2 Å². The van der Waals surface area contributed by atoms with Crippen molar-refractivity contribution in [3.8, 4) is 16.9 Å². The number of alkyl halides is 3. The number of nitrogens with two attached hydrogens (primary N) is 1. The standard InChI is InChI=1S/C35H42ClF3N4O/c1-34(2,3)13-6-14-43-24-31(29-11-10-28(20-27(29)21-40)44-35(37,38)39)30-19-25(9-12-33(30)43)22-41-15-17-42(18-16-41)23-26-7-4-5-8-32(26)36/h4-5,7-12,19-20,24H,6,13-18,21-23,40H2,1-3H3. The summed E-state index contributed by atoms with van der Waals surface area (Å²) in [6.45, 7) is 13.2. The van der Waals surface area contributed by atoms with Crippen LogP contribution in [0.25, 0.3) is 22.0 Å². The average Bonchev–Trinajstić information content (AvgIpc) is 3.31. The quantitative estimate of drug-likeness (QED) is 0.192. The van der Waals surface area contributed by atoms with Crippen molar-refractivity contribution in [1.82, 2.24) is 14.4 Å². The Kier molecular flexibility index (Phi) is 9.95. The van der Waals surface area contributed by atoms with E-state index in [-0.39, 0.29) is 17.7 Å². The molecule has 0 atom stereocenters. The number of aromatic nitrogens is 1. The molecule has 1 fully saturated rings. The van der Waals surface area contributed by atoms with Crippen LogP contribution in [0.1, 0.15) is 50.3 Å². The van der Waals surface area contributed by atoms with Gasteiger partial charge < -0.3 is 15.0 Å². The van der Waals surface area contributed by atoms with Crippen LogP contribution in [-0.2, 0) is 26.2 Å². The summed E-state index contributed by atoms with van der Waals surface area (Å²) in [5, 5.41) is 1.89. The van der Waals surface area contributed by atoms with E-state index in [0.29, 0.717) is 5.56 Å². The monoisotopic (exact) mass is 626 g/mol. The fourth-order valence-corrected chi connectivity index (χ4v) is 6.25. The van der Waals surface area contributed by atoms with E-state index in [1.165, 1.54) is 17.7 Å². The first kappa shape index (κ1) is 32.4. The van der Waals surface area contributed by atoms with Crippen LogP contribution in [-0.4, -0.2) is 46.9 Å². The summed E-state index contributed by atoms with van der Waals surface area (Å²) in [5.74, 6) is -0.259. The van der Waals surface area contributed by atoms with E-state index in [1.54, 1.807) is 6.07 Å². The van der Waals surface area contributed by atoms with Gasteiger partial charge in [-0.1, -0.05) is 62.7 Å². The lowest BCUT2D eigenvalue weighted by atomic mass is 9.91. The number of hydrogen-bond donors (Lipinski definition) is 1. The Balaban J connectivity index is 1.38. The van der Waals surface area contributed by atoms with Crippen LogP contribution < -0.4 is 10.5 Å². The summed E-state index contributed by atoms with van der Waals surface area (Å²) in [6, 6.07) is 19.1. The molecule has 0 aliphatic carbocycles. The molecule has 3 aromatic carbocycles. The average molecular weight is 627 g/mol. The van der Waals surface area contributed by atoms with Crippen molar-refractivity contribution >= 4 is 22.5 Å². The zero-order chi connectivity index (χ0) is 31.5. The Morgan fingerprint density at radius 3 is 2.20 bits per heavy atom. The number of nitrogens with zero attached hydrogens (tertiary/aromatic N) is 3. The Hall–Kier alpha value is -3.04. The Bertz CT molecular complexity index is 1570. The third kappa shape index (κ3) is 8.36. The van der Waals surface area contributed by atoms with Gasteiger partial charge in [-0.05, 0) is 70.8 Å². The molecular weight excluding hydrogens is 585 g/mol. The zero-order valence-electron chi connectivity index (χ0n) is 25.8. The molecule has 9 heteroatoms. The smallest absolute Gasteiger partial charge is 0.406 e. The predicted octanol–water partition coefficient (Wildman–Crippen LogP) is 8.46. The number of hydrogen-bond acceptors (Lipinski definition) is 4. The van der Waals surface area contributed by atoms with Crippen LogP contribution in [0.15, 0.2) is 66.9 Å². The highest BCUT2D eigenvalue weighted by atomic mass is 35.5. The van der Waals surface area contributed by atoms with Gasteiger partial charge in [-0.3, -0.25) is 9.80 Å². The second-order valence-corrected chi connectivity index (χ2v) is 13.4. The van der Waals surface area contributed by atoms with E-state index < -0.39 is 6.36 Å². The van der Waals surface area contributed by atoms with Crippen LogP contribution >= 0.6 is 11.6 Å². The lowest BCUT2D eigenvalue weighted by Gasteiger charge is -2.35. The number of halogens is 4. The van der Waals surface area contributed by atoms with Gasteiger partial charge in [-0.2, -0.15) is 0 Å². The Morgan fingerprint density at radius 2 is 1.55 bits per heavy atom. The first-order valence-electron chi connectivity index (χ1n) is 15.3. The zero-order valence-corrected chi connectivity index (χ0v) is 26.5. The molecule has 2 N–H and O–H groups in total. The van der Waals surface area contributed by atoms with E-state index in [4.69, 9.17) is 17.3 Å². The van der Waals surface area contributed by atoms with E-state index in [1.807, 2.05) is 18.2 Å². The summed E-state index contributed by atoms with van der Waals surface area (Å²) >= 11 is 6.39. The van der Waals surface area contributed by atoms with Crippen molar-refractivity contribution in [3.63, 3.8) is 0 Å². The lowest BCUT2D eigenvalue weighted by Crippen LogP contribution is -2.45. The summed E-state index contributed by atoms with van der Waals surface area (Å²) in [5.41, 5.74) is 12.2. The molecule has 0 spiro atoms. The fraction of sp³-hybridized carbons (Fsp3) is 0.429. The molecule has 0 amide bonds. The number of benzene rings is 3. The van der Waals surface area contributed by atoms with Gasteiger partial charge in [-0.25, -0.2) is 0 Å². The van der Waals surface area contributed by atoms with Gasteiger partial charge >= 0.3 is 6.36 Å². The van der Waals surface area contributed by atoms with Crippen LogP contribution in [0.5, 0.6) is 5.75 Å². The summed E-state index contributed by atoms with van der Waals surface area (Å²) < 4.78 is 45.2. The Labute approximate surface area is 263 Å². The SMILES string of the molecule is CC(C)(C)CCCn1cc(-c2ccc(OC(F)(F)F)cc2CN)c2cc(CN3CCN(Cc4ccccc4Cl)CC3)ccc21. The van der Waals surface area contributed by atoms with Crippen molar-refractivity contribution in [3.05, 3.63) is 88.6 Å². The molecule has 2 heterocycles. The number of piperazine rings is 1. The minimum Gasteiger partial charge on any atom is -0.406 e. The van der Waals surface area contributed by atoms with E-state index in [2.05, 4.69) is 70.3 Å². The van der Waals surface area contributed by atoms with Crippen LogP contribution in [0, 0.1) is 5.41 Å².